The summed E-state index contributed by atoms with van der Waals surface area (Å²) >= 11 is 0. The minimum atomic E-state index is -0.341. The van der Waals surface area contributed by atoms with Crippen LogP contribution in [0.5, 0.6) is 11.5 Å². The Labute approximate surface area is 110 Å². The van der Waals surface area contributed by atoms with Crippen LogP contribution in [0.2, 0.25) is 0 Å². The number of hydrogen-bond acceptors (Lipinski definition) is 2. The van der Waals surface area contributed by atoms with Gasteiger partial charge in [0.1, 0.15) is 0 Å². The Morgan fingerprint density at radius 2 is 1.50 bits per heavy atom. The first kappa shape index (κ1) is 13.3. The highest BCUT2D eigenvalue weighted by molar-refractivity contribution is 5.45. The molecule has 100 valence electrons. The fourth-order valence-electron chi connectivity index (χ4n) is 2.67. The molecule has 0 aromatic heterocycles. The fraction of sp³-hybridized carbons (Fsp3) is 0.625. The normalized spacial score (nSPS) is 19.9. The number of benzene rings is 1. The van der Waals surface area contributed by atoms with Crippen LogP contribution in [-0.2, 0) is 0 Å². The highest BCUT2D eigenvalue weighted by atomic mass is 16.7. The minimum absolute atomic E-state index is 0.341. The maximum atomic E-state index is 6.07. The van der Waals surface area contributed by atoms with Crippen molar-refractivity contribution in [1.29, 1.82) is 0 Å². The number of aryl methyl sites for hydroxylation is 1. The van der Waals surface area contributed by atoms with E-state index in [1.807, 2.05) is 19.9 Å². The first-order valence-corrected chi connectivity index (χ1v) is 7.26. The van der Waals surface area contributed by atoms with Crippen LogP contribution in [0.15, 0.2) is 18.2 Å². The number of rotatable bonds is 0. The van der Waals surface area contributed by atoms with Gasteiger partial charge < -0.3 is 9.47 Å². The molecule has 0 unspecified atom stereocenters. The van der Waals surface area contributed by atoms with Crippen molar-refractivity contribution in [2.75, 3.05) is 0 Å². The van der Waals surface area contributed by atoms with Gasteiger partial charge in [-0.05, 0) is 37.5 Å². The molecule has 0 saturated heterocycles. The van der Waals surface area contributed by atoms with Crippen LogP contribution in [0.3, 0.4) is 0 Å². The lowest BCUT2D eigenvalue weighted by Gasteiger charge is -2.25. The van der Waals surface area contributed by atoms with E-state index in [9.17, 15) is 0 Å². The lowest BCUT2D eigenvalue weighted by atomic mass is 10.1. The van der Waals surface area contributed by atoms with Crippen molar-refractivity contribution in [3.63, 3.8) is 0 Å². The van der Waals surface area contributed by atoms with Gasteiger partial charge in [-0.3, -0.25) is 0 Å². The number of ether oxygens (including phenoxy) is 2. The summed E-state index contributed by atoms with van der Waals surface area (Å²) in [5.74, 6) is 1.52. The Bertz CT molecular complexity index is 390. The van der Waals surface area contributed by atoms with E-state index < -0.39 is 0 Å². The molecule has 2 nitrogen and oxygen atoms in total. The van der Waals surface area contributed by atoms with E-state index in [0.717, 1.165) is 24.3 Å². The van der Waals surface area contributed by atoms with Crippen LogP contribution in [0.4, 0.5) is 0 Å². The molecule has 0 atom stereocenters. The molecule has 1 aliphatic heterocycles. The molecular weight excluding hydrogens is 224 g/mol. The summed E-state index contributed by atoms with van der Waals surface area (Å²) in [4.78, 5) is 0. The molecule has 1 aliphatic carbocycles. The smallest absolute Gasteiger partial charge is 0.251 e. The first-order chi connectivity index (χ1) is 8.77. The van der Waals surface area contributed by atoms with Gasteiger partial charge in [0.25, 0.3) is 5.79 Å². The third-order valence-electron chi connectivity index (χ3n) is 3.56. The number of hydrogen-bond donors (Lipinski definition) is 0. The second-order valence-corrected chi connectivity index (χ2v) is 4.98. The molecule has 3 rings (SSSR count). The summed E-state index contributed by atoms with van der Waals surface area (Å²) in [7, 11) is 0. The molecule has 0 bridgehead atoms. The number of fused-ring (bicyclic) bond motifs is 1. The molecule has 1 aromatic rings. The molecule has 18 heavy (non-hydrogen) atoms. The zero-order valence-corrected chi connectivity index (χ0v) is 11.8. The molecule has 2 heteroatoms. The summed E-state index contributed by atoms with van der Waals surface area (Å²) in [6.07, 6.45) is 7.11. The molecule has 1 heterocycles. The van der Waals surface area contributed by atoms with Crippen molar-refractivity contribution >= 4 is 0 Å². The van der Waals surface area contributed by atoms with Gasteiger partial charge in [0.05, 0.1) is 0 Å². The molecular formula is C16H24O2. The van der Waals surface area contributed by atoms with Gasteiger partial charge >= 0.3 is 0 Å². The molecule has 0 N–H and O–H groups in total. The average molecular weight is 248 g/mol. The van der Waals surface area contributed by atoms with Gasteiger partial charge in [0, 0.05) is 12.8 Å². The first-order valence-electron chi connectivity index (χ1n) is 7.26. The van der Waals surface area contributed by atoms with Gasteiger partial charge in [-0.25, -0.2) is 0 Å². The van der Waals surface area contributed by atoms with Crippen molar-refractivity contribution in [3.05, 3.63) is 23.8 Å². The molecule has 0 radical (unpaired) electrons. The largest absolute Gasteiger partial charge is 0.448 e. The SMILES string of the molecule is CC.Cc1ccc2c(c1)OC1(CCCCCC1)O2. The van der Waals surface area contributed by atoms with Crippen molar-refractivity contribution in [2.45, 2.75) is 65.1 Å². The van der Waals surface area contributed by atoms with Gasteiger partial charge in [0.2, 0.25) is 0 Å². The van der Waals surface area contributed by atoms with Crippen LogP contribution in [0.25, 0.3) is 0 Å². The van der Waals surface area contributed by atoms with Crippen molar-refractivity contribution in [1.82, 2.24) is 0 Å². The summed E-state index contributed by atoms with van der Waals surface area (Å²) < 4.78 is 12.1. The second-order valence-electron chi connectivity index (χ2n) is 4.98. The zero-order chi connectivity index (χ0) is 13.0. The Hall–Kier alpha value is -1.18. The molecule has 1 fully saturated rings. The van der Waals surface area contributed by atoms with Gasteiger partial charge in [-0.15, -0.1) is 0 Å². The topological polar surface area (TPSA) is 18.5 Å². The molecule has 1 saturated carbocycles. The van der Waals surface area contributed by atoms with Crippen molar-refractivity contribution < 1.29 is 9.47 Å². The van der Waals surface area contributed by atoms with E-state index in [2.05, 4.69) is 19.1 Å². The van der Waals surface area contributed by atoms with E-state index in [4.69, 9.17) is 9.47 Å². The Kier molecular flexibility index (Phi) is 4.15. The summed E-state index contributed by atoms with van der Waals surface area (Å²) in [6, 6.07) is 6.19. The van der Waals surface area contributed by atoms with Crippen LogP contribution in [0.1, 0.15) is 57.9 Å². The van der Waals surface area contributed by atoms with E-state index in [0.29, 0.717) is 0 Å². The zero-order valence-electron chi connectivity index (χ0n) is 11.8. The van der Waals surface area contributed by atoms with Crippen LogP contribution < -0.4 is 9.47 Å². The van der Waals surface area contributed by atoms with E-state index in [-0.39, 0.29) is 5.79 Å². The summed E-state index contributed by atoms with van der Waals surface area (Å²) in [6.45, 7) is 6.09. The van der Waals surface area contributed by atoms with Gasteiger partial charge in [-0.2, -0.15) is 0 Å². The van der Waals surface area contributed by atoms with Gasteiger partial charge in [0.15, 0.2) is 11.5 Å². The Morgan fingerprint density at radius 1 is 0.889 bits per heavy atom. The van der Waals surface area contributed by atoms with Gasteiger partial charge in [-0.1, -0.05) is 32.8 Å². The summed E-state index contributed by atoms with van der Waals surface area (Å²) in [5.41, 5.74) is 1.23. The van der Waals surface area contributed by atoms with Crippen molar-refractivity contribution in [3.8, 4) is 11.5 Å². The Balaban J connectivity index is 0.000000574. The monoisotopic (exact) mass is 248 g/mol. The lowest BCUT2D eigenvalue weighted by Crippen LogP contribution is -2.37. The molecule has 0 amide bonds. The second kappa shape index (κ2) is 5.64. The summed E-state index contributed by atoms with van der Waals surface area (Å²) in [5, 5.41) is 0. The highest BCUT2D eigenvalue weighted by Gasteiger charge is 2.41. The minimum Gasteiger partial charge on any atom is -0.448 e. The molecule has 2 aliphatic rings. The highest BCUT2D eigenvalue weighted by Crippen LogP contribution is 2.45. The predicted octanol–water partition coefficient (Wildman–Crippen LogP) is 4.84. The third-order valence-corrected chi connectivity index (χ3v) is 3.56. The maximum Gasteiger partial charge on any atom is 0.251 e. The van der Waals surface area contributed by atoms with Crippen LogP contribution in [-0.4, -0.2) is 5.79 Å². The van der Waals surface area contributed by atoms with Crippen molar-refractivity contribution in [2.24, 2.45) is 0 Å². The third kappa shape index (κ3) is 2.63. The average Bonchev–Trinajstić information content (AvgIpc) is 2.57. The molecule has 1 aromatic carbocycles. The Morgan fingerprint density at radius 3 is 2.17 bits per heavy atom. The fourth-order valence-corrected chi connectivity index (χ4v) is 2.67. The van der Waals surface area contributed by atoms with E-state index in [1.165, 1.54) is 31.2 Å². The van der Waals surface area contributed by atoms with E-state index >= 15 is 0 Å². The van der Waals surface area contributed by atoms with Crippen LogP contribution >= 0.6 is 0 Å². The maximum absolute atomic E-state index is 6.07. The lowest BCUT2D eigenvalue weighted by molar-refractivity contribution is -0.0900. The van der Waals surface area contributed by atoms with E-state index in [1.54, 1.807) is 0 Å². The molecule has 1 spiro atoms. The standard InChI is InChI=1S/C14H18O2.C2H6/c1-11-6-7-12-13(10-11)16-14(15-12)8-4-2-3-5-9-14;1-2/h6-7,10H,2-5,8-9H2,1H3;1-2H3. The predicted molar refractivity (Wildman–Crippen MR) is 74.2 cm³/mol. The quantitative estimate of drug-likeness (QED) is 0.654. The van der Waals surface area contributed by atoms with Crippen LogP contribution in [0, 0.1) is 6.92 Å².